The Kier molecular flexibility index (Phi) is 6.97. The number of ketones is 1. The number of halogens is 5. The van der Waals surface area contributed by atoms with E-state index in [9.17, 15) is 27.9 Å². The van der Waals surface area contributed by atoms with E-state index in [2.05, 4.69) is 4.98 Å². The van der Waals surface area contributed by atoms with Gasteiger partial charge in [-0.25, -0.2) is 0 Å². The fourth-order valence-electron chi connectivity index (χ4n) is 3.98. The van der Waals surface area contributed by atoms with Gasteiger partial charge in [0.1, 0.15) is 11.8 Å². The average Bonchev–Trinajstić information content (AvgIpc) is 3.08. The molecule has 2 aromatic carbocycles. The molecule has 1 aromatic heterocycles. The molecule has 0 aliphatic carbocycles. The lowest BCUT2D eigenvalue weighted by Gasteiger charge is -2.25. The minimum Gasteiger partial charge on any atom is -0.507 e. The summed E-state index contributed by atoms with van der Waals surface area (Å²) in [5.41, 5.74) is -0.778. The highest BCUT2D eigenvalue weighted by Crippen LogP contribution is 2.42. The lowest BCUT2D eigenvalue weighted by atomic mass is 9.98. The summed E-state index contributed by atoms with van der Waals surface area (Å²) in [6, 6.07) is 10.7. The second kappa shape index (κ2) is 9.83. The number of alkyl halides is 3. The summed E-state index contributed by atoms with van der Waals surface area (Å²) < 4.78 is 44.8. The van der Waals surface area contributed by atoms with Crippen LogP contribution >= 0.6 is 23.2 Å². The van der Waals surface area contributed by atoms with Gasteiger partial charge in [-0.2, -0.15) is 13.2 Å². The van der Waals surface area contributed by atoms with Crippen LogP contribution in [0.25, 0.3) is 5.76 Å². The van der Waals surface area contributed by atoms with Crippen molar-refractivity contribution in [3.8, 4) is 5.75 Å². The van der Waals surface area contributed by atoms with Crippen LogP contribution in [0.3, 0.4) is 0 Å². The van der Waals surface area contributed by atoms with Crippen LogP contribution in [-0.2, 0) is 22.3 Å². The summed E-state index contributed by atoms with van der Waals surface area (Å²) in [4.78, 5) is 31.5. The van der Waals surface area contributed by atoms with E-state index in [1.807, 2.05) is 0 Å². The van der Waals surface area contributed by atoms with Crippen molar-refractivity contribution >= 4 is 40.7 Å². The number of aliphatic hydroxyl groups is 1. The number of Topliss-reactive ketones (excluding diaryl/α,β-unsaturated/α-hetero) is 1. The third kappa shape index (κ3) is 4.76. The predicted molar refractivity (Wildman–Crippen MR) is 127 cm³/mol. The highest BCUT2D eigenvalue weighted by atomic mass is 35.5. The Labute approximate surface area is 213 Å². The van der Waals surface area contributed by atoms with Gasteiger partial charge in [-0.3, -0.25) is 14.6 Å². The molecule has 1 amide bonds. The molecule has 1 aliphatic heterocycles. The third-order valence-corrected chi connectivity index (χ3v) is 6.15. The summed E-state index contributed by atoms with van der Waals surface area (Å²) >= 11 is 12.4. The minimum absolute atomic E-state index is 0.0452. The van der Waals surface area contributed by atoms with Crippen LogP contribution in [-0.4, -0.2) is 33.8 Å². The first-order valence-corrected chi connectivity index (χ1v) is 11.2. The molecule has 0 bridgehead atoms. The van der Waals surface area contributed by atoms with Gasteiger partial charge in [0.15, 0.2) is 5.75 Å². The van der Waals surface area contributed by atoms with E-state index in [0.717, 1.165) is 17.0 Å². The molecule has 11 heteroatoms. The molecule has 36 heavy (non-hydrogen) atoms. The Morgan fingerprint density at radius 2 is 1.78 bits per heavy atom. The van der Waals surface area contributed by atoms with Crippen molar-refractivity contribution in [1.82, 2.24) is 9.88 Å². The molecule has 1 fully saturated rings. The van der Waals surface area contributed by atoms with Crippen molar-refractivity contribution in [2.45, 2.75) is 18.8 Å². The first-order valence-electron chi connectivity index (χ1n) is 10.4. The highest BCUT2D eigenvalue weighted by Gasteiger charge is 2.47. The molecule has 6 nitrogen and oxygen atoms in total. The summed E-state index contributed by atoms with van der Waals surface area (Å²) in [7, 11) is 1.35. The molecule has 1 aliphatic rings. The summed E-state index contributed by atoms with van der Waals surface area (Å²) in [6.45, 7) is -0.337. The number of ether oxygens (including phenoxy) is 1. The van der Waals surface area contributed by atoms with E-state index in [-0.39, 0.29) is 44.7 Å². The molecule has 0 saturated carbocycles. The fraction of sp³-hybridized carbons (Fsp3) is 0.160. The van der Waals surface area contributed by atoms with Crippen LogP contribution in [0.5, 0.6) is 5.75 Å². The van der Waals surface area contributed by atoms with Crippen LogP contribution in [0.15, 0.2) is 66.4 Å². The first kappa shape index (κ1) is 25.5. The number of aromatic nitrogens is 1. The number of hydrogen-bond donors (Lipinski definition) is 1. The van der Waals surface area contributed by atoms with E-state index in [1.165, 1.54) is 43.6 Å². The van der Waals surface area contributed by atoms with Crippen LogP contribution in [0.4, 0.5) is 13.2 Å². The zero-order chi connectivity index (χ0) is 26.2. The minimum atomic E-state index is -4.59. The van der Waals surface area contributed by atoms with Gasteiger partial charge in [0.2, 0.25) is 0 Å². The van der Waals surface area contributed by atoms with Crippen molar-refractivity contribution in [3.63, 3.8) is 0 Å². The second-order valence-corrected chi connectivity index (χ2v) is 8.67. The molecule has 186 valence electrons. The highest BCUT2D eigenvalue weighted by molar-refractivity contribution is 6.46. The molecule has 1 N–H and O–H groups in total. The molecule has 4 rings (SSSR count). The number of pyridine rings is 1. The number of likely N-dealkylation sites (tertiary alicyclic amines) is 1. The second-order valence-electron chi connectivity index (χ2n) is 7.85. The number of hydrogen-bond acceptors (Lipinski definition) is 5. The largest absolute Gasteiger partial charge is 0.507 e. The molecule has 0 spiro atoms. The van der Waals surface area contributed by atoms with Crippen LogP contribution in [0, 0.1) is 0 Å². The number of rotatable bonds is 5. The van der Waals surface area contributed by atoms with Crippen molar-refractivity contribution in [1.29, 1.82) is 0 Å². The number of carbonyl (C=O) groups excluding carboxylic acids is 2. The Morgan fingerprint density at radius 1 is 1.08 bits per heavy atom. The van der Waals surface area contributed by atoms with E-state index in [1.54, 1.807) is 12.1 Å². The van der Waals surface area contributed by atoms with Gasteiger partial charge in [-0.15, -0.1) is 0 Å². The van der Waals surface area contributed by atoms with E-state index in [0.29, 0.717) is 0 Å². The van der Waals surface area contributed by atoms with Crippen LogP contribution in [0.1, 0.15) is 28.4 Å². The zero-order valence-corrected chi connectivity index (χ0v) is 20.0. The maximum atomic E-state index is 13.2. The van der Waals surface area contributed by atoms with E-state index >= 15 is 0 Å². The van der Waals surface area contributed by atoms with Gasteiger partial charge < -0.3 is 14.7 Å². The van der Waals surface area contributed by atoms with Gasteiger partial charge in [-0.1, -0.05) is 41.4 Å². The topological polar surface area (TPSA) is 79.7 Å². The predicted octanol–water partition coefficient (Wildman–Crippen LogP) is 6.04. The molecule has 1 unspecified atom stereocenters. The van der Waals surface area contributed by atoms with Crippen molar-refractivity contribution in [2.75, 3.05) is 7.11 Å². The van der Waals surface area contributed by atoms with Crippen molar-refractivity contribution in [3.05, 3.63) is 98.8 Å². The first-order chi connectivity index (χ1) is 17.0. The Hall–Kier alpha value is -3.56. The maximum absolute atomic E-state index is 13.2. The van der Waals surface area contributed by atoms with Gasteiger partial charge >= 0.3 is 6.18 Å². The number of amides is 1. The number of methoxy groups -OCH3 is 1. The normalized spacial score (nSPS) is 17.5. The van der Waals surface area contributed by atoms with Gasteiger partial charge in [0.05, 0.1) is 34.0 Å². The smallest absolute Gasteiger partial charge is 0.416 e. The third-order valence-electron chi connectivity index (χ3n) is 5.59. The lowest BCUT2D eigenvalue weighted by molar-refractivity contribution is -0.140. The summed E-state index contributed by atoms with van der Waals surface area (Å²) in [5.74, 6) is -2.45. The maximum Gasteiger partial charge on any atom is 0.416 e. The summed E-state index contributed by atoms with van der Waals surface area (Å²) in [6.07, 6.45) is -3.15. The number of nitrogens with zero attached hydrogens (tertiary/aromatic N) is 2. The van der Waals surface area contributed by atoms with E-state index < -0.39 is 35.2 Å². The molecule has 1 saturated heterocycles. The van der Waals surface area contributed by atoms with Crippen LogP contribution in [0.2, 0.25) is 10.0 Å². The number of aliphatic hydroxyl groups excluding tert-OH is 1. The standard InChI is InChI=1S/C25H17Cl2F3N2O4/c1-36-23-16(26)10-14(11-17(23)27)21(33)19-20(18-7-2-3-8-31-18)32(24(35)22(19)34)12-13-5-4-6-15(9-13)25(28,29)30/h2-11,20,33H,12H2,1H3/b21-19+. The lowest BCUT2D eigenvalue weighted by Crippen LogP contribution is -2.29. The molecule has 0 radical (unpaired) electrons. The van der Waals surface area contributed by atoms with E-state index in [4.69, 9.17) is 27.9 Å². The Balaban J connectivity index is 1.85. The van der Waals surface area contributed by atoms with Crippen molar-refractivity contribution < 1.29 is 32.6 Å². The van der Waals surface area contributed by atoms with Crippen molar-refractivity contribution in [2.24, 2.45) is 0 Å². The quantitative estimate of drug-likeness (QED) is 0.244. The average molecular weight is 537 g/mol. The molecule has 1 atom stereocenters. The summed E-state index contributed by atoms with van der Waals surface area (Å²) in [5, 5.41) is 11.2. The van der Waals surface area contributed by atoms with Crippen LogP contribution < -0.4 is 4.74 Å². The molecular formula is C25H17Cl2F3N2O4. The van der Waals surface area contributed by atoms with Gasteiger partial charge in [-0.05, 0) is 42.0 Å². The Bertz CT molecular complexity index is 1350. The Morgan fingerprint density at radius 3 is 2.36 bits per heavy atom. The van der Waals surface area contributed by atoms with Gasteiger partial charge in [0, 0.05) is 18.3 Å². The number of benzene rings is 2. The zero-order valence-electron chi connectivity index (χ0n) is 18.5. The molecule has 3 aromatic rings. The SMILES string of the molecule is COc1c(Cl)cc(/C(O)=C2\C(=O)C(=O)N(Cc3cccc(C(F)(F)F)c3)C2c2ccccn2)cc1Cl. The molecular weight excluding hydrogens is 520 g/mol. The number of carbonyl (C=O) groups is 2. The monoisotopic (exact) mass is 536 g/mol. The fourth-order valence-corrected chi connectivity index (χ4v) is 4.62. The van der Waals surface area contributed by atoms with Gasteiger partial charge in [0.25, 0.3) is 11.7 Å². The molecule has 2 heterocycles.